The van der Waals surface area contributed by atoms with E-state index in [0.717, 1.165) is 29.7 Å². The predicted octanol–water partition coefficient (Wildman–Crippen LogP) is 5.18. The van der Waals surface area contributed by atoms with E-state index in [1.165, 1.54) is 11.8 Å². The summed E-state index contributed by atoms with van der Waals surface area (Å²) in [7, 11) is 0. The van der Waals surface area contributed by atoms with Gasteiger partial charge in [0.15, 0.2) is 15.6 Å². The monoisotopic (exact) mass is 462 g/mol. The summed E-state index contributed by atoms with van der Waals surface area (Å²) in [4.78, 5) is 12.6. The van der Waals surface area contributed by atoms with Crippen LogP contribution in [0.25, 0.3) is 11.6 Å². The zero-order valence-corrected chi connectivity index (χ0v) is 18.6. The first-order valence-electron chi connectivity index (χ1n) is 9.29. The number of para-hydroxylation sites is 1. The summed E-state index contributed by atoms with van der Waals surface area (Å²) in [6.07, 6.45) is 1.76. The molecule has 0 atom stereocenters. The molecular formula is C20H23BrN4O2S. The van der Waals surface area contributed by atoms with E-state index in [9.17, 15) is 4.79 Å². The number of furan rings is 1. The lowest BCUT2D eigenvalue weighted by Gasteiger charge is -2.14. The number of hydrogen-bond donors (Lipinski definition) is 1. The van der Waals surface area contributed by atoms with E-state index in [-0.39, 0.29) is 11.7 Å². The number of nitrogens with one attached hydrogen (secondary N) is 1. The number of carbonyl (C=O) groups excluding carboxylic acids is 1. The normalized spacial score (nSPS) is 11.0. The van der Waals surface area contributed by atoms with Crippen LogP contribution >= 0.6 is 27.7 Å². The van der Waals surface area contributed by atoms with Crippen LogP contribution in [0.2, 0.25) is 0 Å². The quantitative estimate of drug-likeness (QED) is 0.467. The summed E-state index contributed by atoms with van der Waals surface area (Å²) in [6.45, 7) is 6.89. The largest absolute Gasteiger partial charge is 0.446 e. The van der Waals surface area contributed by atoms with Gasteiger partial charge in [0.25, 0.3) is 0 Å². The molecule has 1 N–H and O–H groups in total. The molecule has 6 nitrogen and oxygen atoms in total. The molecule has 8 heteroatoms. The molecule has 0 aliphatic rings. The summed E-state index contributed by atoms with van der Waals surface area (Å²) < 4.78 is 8.17. The van der Waals surface area contributed by atoms with E-state index in [4.69, 9.17) is 4.42 Å². The summed E-state index contributed by atoms with van der Waals surface area (Å²) in [5, 5.41) is 12.3. The van der Waals surface area contributed by atoms with Crippen molar-refractivity contribution in [1.82, 2.24) is 14.8 Å². The minimum atomic E-state index is -0.0476. The van der Waals surface area contributed by atoms with Crippen LogP contribution in [0.1, 0.15) is 31.9 Å². The third-order valence-electron chi connectivity index (χ3n) is 4.42. The van der Waals surface area contributed by atoms with Crippen molar-refractivity contribution in [3.63, 3.8) is 0 Å². The highest BCUT2D eigenvalue weighted by atomic mass is 79.9. The van der Waals surface area contributed by atoms with E-state index in [1.54, 1.807) is 0 Å². The highest BCUT2D eigenvalue weighted by Gasteiger charge is 2.17. The van der Waals surface area contributed by atoms with Crippen molar-refractivity contribution in [2.45, 2.75) is 45.3 Å². The molecule has 0 saturated heterocycles. The van der Waals surface area contributed by atoms with E-state index in [0.29, 0.717) is 28.0 Å². The van der Waals surface area contributed by atoms with Gasteiger partial charge in [-0.2, -0.15) is 0 Å². The Balaban J connectivity index is 1.71. The third-order valence-corrected chi connectivity index (χ3v) is 5.82. The molecule has 3 aromatic rings. The molecule has 1 amide bonds. The number of anilines is 1. The second-order valence-corrected chi connectivity index (χ2v) is 7.87. The number of carbonyl (C=O) groups is 1. The molecule has 2 aromatic heterocycles. The van der Waals surface area contributed by atoms with Gasteiger partial charge in [0, 0.05) is 12.2 Å². The van der Waals surface area contributed by atoms with Gasteiger partial charge in [0.2, 0.25) is 11.7 Å². The molecule has 0 bridgehead atoms. The second kappa shape index (κ2) is 9.43. The fourth-order valence-electron chi connectivity index (χ4n) is 3.01. The summed E-state index contributed by atoms with van der Waals surface area (Å²) in [5.41, 5.74) is 3.25. The van der Waals surface area contributed by atoms with Crippen LogP contribution in [0, 0.1) is 0 Å². The van der Waals surface area contributed by atoms with Crippen LogP contribution in [-0.2, 0) is 24.2 Å². The molecule has 0 spiro atoms. The Morgan fingerprint density at radius 3 is 2.43 bits per heavy atom. The van der Waals surface area contributed by atoms with Crippen LogP contribution in [0.3, 0.4) is 0 Å². The molecule has 0 fully saturated rings. The standard InChI is InChI=1S/C20H23BrN4O2S/c1-4-13-8-7-9-14(5-2)18(13)22-17(26)12-28-20-24-23-19(25(20)6-3)15-10-11-16(21)27-15/h7-11H,4-6,12H2,1-3H3,(H,22,26). The third kappa shape index (κ3) is 4.50. The number of rotatable bonds is 8. The van der Waals surface area contributed by atoms with Gasteiger partial charge in [-0.3, -0.25) is 9.36 Å². The molecule has 0 radical (unpaired) electrons. The zero-order valence-electron chi connectivity index (χ0n) is 16.2. The first-order valence-corrected chi connectivity index (χ1v) is 11.1. The van der Waals surface area contributed by atoms with Crippen LogP contribution in [0.4, 0.5) is 5.69 Å². The van der Waals surface area contributed by atoms with Crippen molar-refractivity contribution in [1.29, 1.82) is 0 Å². The van der Waals surface area contributed by atoms with Crippen molar-refractivity contribution in [2.24, 2.45) is 0 Å². The maximum Gasteiger partial charge on any atom is 0.234 e. The SMILES string of the molecule is CCc1cccc(CC)c1NC(=O)CSc1nnc(-c2ccc(Br)o2)n1CC. The lowest BCUT2D eigenvalue weighted by molar-refractivity contribution is -0.113. The highest BCUT2D eigenvalue weighted by molar-refractivity contribution is 9.10. The van der Waals surface area contributed by atoms with Gasteiger partial charge in [0.1, 0.15) is 0 Å². The Morgan fingerprint density at radius 1 is 1.14 bits per heavy atom. The van der Waals surface area contributed by atoms with Gasteiger partial charge < -0.3 is 9.73 Å². The molecule has 3 rings (SSSR count). The van der Waals surface area contributed by atoms with Crippen molar-refractivity contribution >= 4 is 39.3 Å². The van der Waals surface area contributed by atoms with Crippen molar-refractivity contribution in [2.75, 3.05) is 11.1 Å². The summed E-state index contributed by atoms with van der Waals surface area (Å²) >= 11 is 4.68. The lowest BCUT2D eigenvalue weighted by atomic mass is 10.0. The average Bonchev–Trinajstić information content (AvgIpc) is 3.31. The van der Waals surface area contributed by atoms with Gasteiger partial charge in [-0.05, 0) is 59.0 Å². The lowest BCUT2D eigenvalue weighted by Crippen LogP contribution is -2.17. The molecule has 148 valence electrons. The number of nitrogens with zero attached hydrogens (tertiary/aromatic N) is 3. The molecular weight excluding hydrogens is 440 g/mol. The number of thioether (sulfide) groups is 1. The van der Waals surface area contributed by atoms with Gasteiger partial charge in [0.05, 0.1) is 5.75 Å². The van der Waals surface area contributed by atoms with Crippen molar-refractivity contribution in [3.8, 4) is 11.6 Å². The van der Waals surface area contributed by atoms with Gasteiger partial charge >= 0.3 is 0 Å². The van der Waals surface area contributed by atoms with Crippen LogP contribution in [0.15, 0.2) is 44.6 Å². The number of aromatic nitrogens is 3. The minimum Gasteiger partial charge on any atom is -0.446 e. The van der Waals surface area contributed by atoms with E-state index >= 15 is 0 Å². The molecule has 0 aliphatic heterocycles. The number of aryl methyl sites for hydroxylation is 2. The van der Waals surface area contributed by atoms with Crippen LogP contribution in [-0.4, -0.2) is 26.4 Å². The summed E-state index contributed by atoms with van der Waals surface area (Å²) in [6, 6.07) is 9.82. The summed E-state index contributed by atoms with van der Waals surface area (Å²) in [5.74, 6) is 1.51. The number of amides is 1. The second-order valence-electron chi connectivity index (χ2n) is 6.15. The Bertz CT molecular complexity index is 945. The first-order chi connectivity index (χ1) is 13.6. The smallest absolute Gasteiger partial charge is 0.234 e. The number of hydrogen-bond acceptors (Lipinski definition) is 5. The van der Waals surface area contributed by atoms with Crippen LogP contribution in [0.5, 0.6) is 0 Å². The number of halogens is 1. The van der Waals surface area contributed by atoms with Gasteiger partial charge in [-0.15, -0.1) is 10.2 Å². The fraction of sp³-hybridized carbons (Fsp3) is 0.350. The van der Waals surface area contributed by atoms with Crippen molar-refractivity contribution < 1.29 is 9.21 Å². The maximum absolute atomic E-state index is 12.6. The molecule has 0 unspecified atom stereocenters. The molecule has 28 heavy (non-hydrogen) atoms. The van der Waals surface area contributed by atoms with Crippen LogP contribution < -0.4 is 5.32 Å². The van der Waals surface area contributed by atoms with Gasteiger partial charge in [-0.1, -0.05) is 43.8 Å². The highest BCUT2D eigenvalue weighted by Crippen LogP contribution is 2.28. The van der Waals surface area contributed by atoms with E-state index < -0.39 is 0 Å². The van der Waals surface area contributed by atoms with E-state index in [2.05, 4.69) is 57.4 Å². The molecule has 0 saturated carbocycles. The maximum atomic E-state index is 12.6. The molecule has 1 aromatic carbocycles. The minimum absolute atomic E-state index is 0.0476. The number of benzene rings is 1. The fourth-order valence-corrected chi connectivity index (χ4v) is 4.11. The van der Waals surface area contributed by atoms with Crippen molar-refractivity contribution in [3.05, 3.63) is 46.1 Å². The predicted molar refractivity (Wildman–Crippen MR) is 116 cm³/mol. The first kappa shape index (κ1) is 20.7. The molecule has 2 heterocycles. The Labute approximate surface area is 177 Å². The average molecular weight is 463 g/mol. The molecule has 0 aliphatic carbocycles. The Kier molecular flexibility index (Phi) is 6.96. The topological polar surface area (TPSA) is 73.0 Å². The zero-order chi connectivity index (χ0) is 20.1. The Hall–Kier alpha value is -2.06. The van der Waals surface area contributed by atoms with E-state index in [1.807, 2.05) is 29.7 Å². The Morgan fingerprint density at radius 2 is 1.86 bits per heavy atom. The van der Waals surface area contributed by atoms with Gasteiger partial charge in [-0.25, -0.2) is 0 Å².